The molecule has 0 saturated heterocycles. The van der Waals surface area contributed by atoms with E-state index in [0.717, 1.165) is 30.6 Å². The van der Waals surface area contributed by atoms with Crippen LogP contribution in [-0.2, 0) is 0 Å². The van der Waals surface area contributed by atoms with Gasteiger partial charge in [0, 0.05) is 0 Å². The fourth-order valence-electron chi connectivity index (χ4n) is 2.36. The second-order valence-electron chi connectivity index (χ2n) is 5.34. The average Bonchev–Trinajstić information content (AvgIpc) is 3.16. The molecule has 1 aromatic carbocycles. The van der Waals surface area contributed by atoms with Crippen molar-refractivity contribution in [2.45, 2.75) is 26.2 Å². The fourth-order valence-corrected chi connectivity index (χ4v) is 3.24. The van der Waals surface area contributed by atoms with Gasteiger partial charge in [0.1, 0.15) is 6.33 Å². The smallest absolute Gasteiger partial charge is 0.291 e. The fraction of sp³-hybridized carbons (Fsp3) is 0.353. The molecule has 0 radical (unpaired) electrons. The number of aromatic nitrogens is 3. The summed E-state index contributed by atoms with van der Waals surface area (Å²) < 4.78 is 13.1. The van der Waals surface area contributed by atoms with Crippen molar-refractivity contribution in [2.75, 3.05) is 13.7 Å². The number of hydrogen-bond acceptors (Lipinski definition) is 6. The number of ether oxygens (including phenoxy) is 2. The summed E-state index contributed by atoms with van der Waals surface area (Å²) >= 11 is 1.31. The number of rotatable bonds is 7. The summed E-state index contributed by atoms with van der Waals surface area (Å²) in [6.07, 6.45) is 6.52. The Morgan fingerprint density at radius 3 is 2.92 bits per heavy atom. The van der Waals surface area contributed by atoms with Gasteiger partial charge < -0.3 is 9.47 Å². The molecule has 0 N–H and O–H groups in total. The van der Waals surface area contributed by atoms with E-state index in [1.165, 1.54) is 22.2 Å². The second kappa shape index (κ2) is 7.44. The van der Waals surface area contributed by atoms with Crippen LogP contribution in [0.2, 0.25) is 0 Å². The van der Waals surface area contributed by atoms with Crippen LogP contribution in [0.25, 0.3) is 11.0 Å². The first-order chi connectivity index (χ1) is 11.7. The van der Waals surface area contributed by atoms with Gasteiger partial charge in [-0.25, -0.2) is 4.98 Å². The lowest BCUT2D eigenvalue weighted by Gasteiger charge is -2.11. The number of methoxy groups -OCH3 is 1. The molecule has 0 unspecified atom stereocenters. The molecule has 0 aliphatic carbocycles. The van der Waals surface area contributed by atoms with Crippen molar-refractivity contribution in [1.82, 2.24) is 14.6 Å². The van der Waals surface area contributed by atoms with Gasteiger partial charge >= 0.3 is 0 Å². The van der Waals surface area contributed by atoms with Gasteiger partial charge in [0.2, 0.25) is 4.96 Å². The van der Waals surface area contributed by atoms with Crippen molar-refractivity contribution in [3.8, 4) is 11.5 Å². The van der Waals surface area contributed by atoms with Crippen LogP contribution in [0.3, 0.4) is 0 Å². The Morgan fingerprint density at radius 2 is 2.17 bits per heavy atom. The molecule has 0 spiro atoms. The maximum atomic E-state index is 12.2. The van der Waals surface area contributed by atoms with Gasteiger partial charge in [-0.1, -0.05) is 37.2 Å². The molecule has 24 heavy (non-hydrogen) atoms. The molecular weight excluding hydrogens is 326 g/mol. The number of benzene rings is 1. The zero-order chi connectivity index (χ0) is 16.9. The minimum atomic E-state index is -0.161. The summed E-state index contributed by atoms with van der Waals surface area (Å²) in [6, 6.07) is 5.65. The molecule has 2 heterocycles. The number of nitrogens with zero attached hydrogens (tertiary/aromatic N) is 3. The van der Waals surface area contributed by atoms with Crippen molar-refractivity contribution >= 4 is 22.4 Å². The molecule has 3 aromatic rings. The van der Waals surface area contributed by atoms with Crippen molar-refractivity contribution in [3.05, 3.63) is 45.0 Å². The van der Waals surface area contributed by atoms with Crippen LogP contribution in [0, 0.1) is 0 Å². The van der Waals surface area contributed by atoms with Crippen LogP contribution >= 0.6 is 11.3 Å². The molecule has 0 aliphatic heterocycles. The zero-order valence-corrected chi connectivity index (χ0v) is 14.5. The van der Waals surface area contributed by atoms with E-state index in [9.17, 15) is 4.79 Å². The Kier molecular flexibility index (Phi) is 5.10. The lowest BCUT2D eigenvalue weighted by Crippen LogP contribution is -2.23. The Hall–Kier alpha value is -2.41. The summed E-state index contributed by atoms with van der Waals surface area (Å²) in [7, 11) is 1.61. The maximum absolute atomic E-state index is 12.2. The minimum Gasteiger partial charge on any atom is -0.493 e. The summed E-state index contributed by atoms with van der Waals surface area (Å²) in [5.74, 6) is 1.38. The number of unbranched alkanes of at least 4 members (excludes halogenated alkanes) is 2. The quantitative estimate of drug-likeness (QED) is 0.615. The molecule has 0 amide bonds. The Balaban J connectivity index is 1.86. The van der Waals surface area contributed by atoms with Crippen LogP contribution in [0.4, 0.5) is 0 Å². The summed E-state index contributed by atoms with van der Waals surface area (Å²) in [5.41, 5.74) is 0.709. The minimum absolute atomic E-state index is 0.161. The van der Waals surface area contributed by atoms with Crippen molar-refractivity contribution in [2.24, 2.45) is 0 Å². The Bertz CT molecular complexity index is 932. The molecule has 3 rings (SSSR count). The topological polar surface area (TPSA) is 65.7 Å². The van der Waals surface area contributed by atoms with Gasteiger partial charge in [0.25, 0.3) is 5.56 Å². The van der Waals surface area contributed by atoms with Gasteiger partial charge in [0.05, 0.1) is 18.2 Å². The molecule has 6 nitrogen and oxygen atoms in total. The zero-order valence-electron chi connectivity index (χ0n) is 13.7. The average molecular weight is 345 g/mol. The molecule has 7 heteroatoms. The number of fused-ring (bicyclic) bond motifs is 1. The normalized spacial score (nSPS) is 12.0. The monoisotopic (exact) mass is 345 g/mol. The van der Waals surface area contributed by atoms with E-state index in [-0.39, 0.29) is 5.56 Å². The summed E-state index contributed by atoms with van der Waals surface area (Å²) in [6.45, 7) is 2.83. The highest BCUT2D eigenvalue weighted by molar-refractivity contribution is 7.15. The summed E-state index contributed by atoms with van der Waals surface area (Å²) in [4.78, 5) is 16.8. The third kappa shape index (κ3) is 3.41. The first-order valence-electron chi connectivity index (χ1n) is 7.88. The van der Waals surface area contributed by atoms with Gasteiger partial charge in [-0.3, -0.25) is 4.79 Å². The lowest BCUT2D eigenvalue weighted by atomic mass is 10.2. The second-order valence-corrected chi connectivity index (χ2v) is 6.35. The van der Waals surface area contributed by atoms with Crippen LogP contribution in [0.5, 0.6) is 11.5 Å². The molecule has 126 valence electrons. The highest BCUT2D eigenvalue weighted by Crippen LogP contribution is 2.28. The van der Waals surface area contributed by atoms with E-state index < -0.39 is 0 Å². The lowest BCUT2D eigenvalue weighted by molar-refractivity contribution is 0.286. The van der Waals surface area contributed by atoms with E-state index in [1.54, 1.807) is 7.11 Å². The standard InChI is InChI=1S/C17H19N3O3S/c1-3-4-5-8-23-13-7-6-12(9-14(13)22-2)10-15-16(21)20-17(24-15)18-11-19-20/h6-7,9-11H,3-5,8H2,1-2H3/b15-10+. The Labute approximate surface area is 143 Å². The van der Waals surface area contributed by atoms with Gasteiger partial charge in [-0.15, -0.1) is 0 Å². The largest absolute Gasteiger partial charge is 0.493 e. The van der Waals surface area contributed by atoms with E-state index >= 15 is 0 Å². The first-order valence-corrected chi connectivity index (χ1v) is 8.69. The highest BCUT2D eigenvalue weighted by atomic mass is 32.1. The van der Waals surface area contributed by atoms with Gasteiger partial charge in [-0.05, 0) is 30.2 Å². The van der Waals surface area contributed by atoms with Crippen LogP contribution in [0.15, 0.2) is 29.3 Å². The number of hydrogen-bond donors (Lipinski definition) is 0. The molecule has 0 bridgehead atoms. The maximum Gasteiger partial charge on any atom is 0.291 e. The van der Waals surface area contributed by atoms with Crippen molar-refractivity contribution < 1.29 is 9.47 Å². The predicted molar refractivity (Wildman–Crippen MR) is 93.9 cm³/mol. The molecule has 0 aliphatic rings. The van der Waals surface area contributed by atoms with Gasteiger partial charge in [0.15, 0.2) is 11.5 Å². The van der Waals surface area contributed by atoms with Gasteiger partial charge in [-0.2, -0.15) is 9.61 Å². The first kappa shape index (κ1) is 16.4. The van der Waals surface area contributed by atoms with Crippen LogP contribution in [0.1, 0.15) is 31.7 Å². The molecular formula is C17H19N3O3S. The van der Waals surface area contributed by atoms with Crippen molar-refractivity contribution in [3.63, 3.8) is 0 Å². The van der Waals surface area contributed by atoms with E-state index in [4.69, 9.17) is 9.47 Å². The van der Waals surface area contributed by atoms with Crippen LogP contribution < -0.4 is 19.6 Å². The van der Waals surface area contributed by atoms with E-state index in [0.29, 0.717) is 21.8 Å². The Morgan fingerprint density at radius 1 is 1.29 bits per heavy atom. The number of thiazole rings is 1. The molecule has 0 atom stereocenters. The third-order valence-corrected chi connectivity index (χ3v) is 4.59. The summed E-state index contributed by atoms with van der Waals surface area (Å²) in [5, 5.41) is 3.92. The highest BCUT2D eigenvalue weighted by Gasteiger charge is 2.07. The van der Waals surface area contributed by atoms with E-state index in [1.807, 2.05) is 24.3 Å². The third-order valence-electron chi connectivity index (χ3n) is 3.61. The predicted octanol–water partition coefficient (Wildman–Crippen LogP) is 2.28. The molecule has 0 saturated carbocycles. The molecule has 2 aromatic heterocycles. The van der Waals surface area contributed by atoms with Crippen LogP contribution in [-0.4, -0.2) is 28.3 Å². The van der Waals surface area contributed by atoms with E-state index in [2.05, 4.69) is 17.0 Å². The van der Waals surface area contributed by atoms with Crippen molar-refractivity contribution in [1.29, 1.82) is 0 Å². The molecule has 0 fully saturated rings. The SMILES string of the molecule is CCCCCOc1ccc(/C=c2/sc3ncnn3c2=O)cc1OC.